The van der Waals surface area contributed by atoms with Gasteiger partial charge in [0.1, 0.15) is 17.0 Å². The van der Waals surface area contributed by atoms with E-state index in [-0.39, 0.29) is 17.2 Å². The quantitative estimate of drug-likeness (QED) is 0.230. The molecule has 36 heavy (non-hydrogen) atoms. The Labute approximate surface area is 207 Å². The van der Waals surface area contributed by atoms with Crippen LogP contribution in [0.4, 0.5) is 17.1 Å². The Balaban J connectivity index is 1.75. The van der Waals surface area contributed by atoms with Crippen molar-refractivity contribution in [2.24, 2.45) is 5.41 Å². The fraction of sp³-hybridized carbons (Fsp3) is 0.250. The number of nitro groups is 1. The molecule has 4 aromatic rings. The molecule has 0 radical (unpaired) electrons. The minimum Gasteiger partial charge on any atom is -0.497 e. The number of hydrogen-bond acceptors (Lipinski definition) is 7. The van der Waals surface area contributed by atoms with Crippen molar-refractivity contribution in [2.45, 2.75) is 25.4 Å². The van der Waals surface area contributed by atoms with Gasteiger partial charge in [-0.1, -0.05) is 26.0 Å². The zero-order valence-electron chi connectivity index (χ0n) is 20.4. The molecule has 182 valence electrons. The number of rotatable bonds is 3. The van der Waals surface area contributed by atoms with Gasteiger partial charge in [-0.2, -0.15) is 0 Å². The average molecular weight is 484 g/mol. The molecule has 2 bridgehead atoms. The second-order valence-electron chi connectivity index (χ2n) is 9.95. The predicted molar refractivity (Wildman–Crippen MR) is 138 cm³/mol. The summed E-state index contributed by atoms with van der Waals surface area (Å²) in [6.07, 6.45) is 0. The van der Waals surface area contributed by atoms with Crippen LogP contribution in [0.1, 0.15) is 36.5 Å². The fourth-order valence-corrected chi connectivity index (χ4v) is 6.37. The fourth-order valence-electron chi connectivity index (χ4n) is 6.37. The molecule has 2 aliphatic rings. The van der Waals surface area contributed by atoms with Gasteiger partial charge in [0, 0.05) is 41.6 Å². The first-order valence-electron chi connectivity index (χ1n) is 11.7. The third kappa shape index (κ3) is 2.66. The van der Waals surface area contributed by atoms with Gasteiger partial charge in [-0.25, -0.2) is 4.79 Å². The molecule has 8 nitrogen and oxygen atoms in total. The average Bonchev–Trinajstić information content (AvgIpc) is 2.86. The summed E-state index contributed by atoms with van der Waals surface area (Å²) < 4.78 is 11.4. The van der Waals surface area contributed by atoms with Crippen molar-refractivity contribution in [1.82, 2.24) is 0 Å². The molecule has 0 saturated carbocycles. The standard InChI is InChI=1S/C28H25N3O5/c1-27(2)24-20-15-18(35-4)13-14-21(20)30(3)28(27,16-9-11-17(12-10-16)31(33)34)29-25-19-7-5-6-8-22(19)36-26(32)23(24)25/h5-15,24,29H,1-4H3/t24-,28-/m1/s1. The molecule has 0 amide bonds. The zero-order valence-corrected chi connectivity index (χ0v) is 20.4. The van der Waals surface area contributed by atoms with Gasteiger partial charge < -0.3 is 19.4 Å². The maximum Gasteiger partial charge on any atom is 0.342 e. The number of nitrogens with one attached hydrogen (secondary N) is 1. The van der Waals surface area contributed by atoms with Crippen molar-refractivity contribution in [3.05, 3.63) is 104 Å². The molecular formula is C28H25N3O5. The molecule has 3 heterocycles. The van der Waals surface area contributed by atoms with Crippen LogP contribution < -0.4 is 20.6 Å². The Morgan fingerprint density at radius 2 is 1.81 bits per heavy atom. The van der Waals surface area contributed by atoms with Crippen LogP contribution in [0.3, 0.4) is 0 Å². The molecule has 2 atom stereocenters. The van der Waals surface area contributed by atoms with E-state index in [0.717, 1.165) is 22.2 Å². The first-order valence-corrected chi connectivity index (χ1v) is 11.7. The molecule has 8 heteroatoms. The number of fused-ring (bicyclic) bond motifs is 8. The molecule has 0 unspecified atom stereocenters. The number of non-ortho nitro benzene ring substituents is 1. The summed E-state index contributed by atoms with van der Waals surface area (Å²) in [6, 6.07) is 20.0. The van der Waals surface area contributed by atoms with E-state index in [0.29, 0.717) is 22.6 Å². The van der Waals surface area contributed by atoms with E-state index in [1.807, 2.05) is 43.4 Å². The van der Waals surface area contributed by atoms with Crippen LogP contribution in [0.25, 0.3) is 11.0 Å². The van der Waals surface area contributed by atoms with E-state index in [9.17, 15) is 14.9 Å². The van der Waals surface area contributed by atoms with E-state index in [1.165, 1.54) is 12.1 Å². The summed E-state index contributed by atoms with van der Waals surface area (Å²) in [4.78, 5) is 26.7. The number of benzene rings is 3. The van der Waals surface area contributed by atoms with Gasteiger partial charge in [0.25, 0.3) is 5.69 Å². The van der Waals surface area contributed by atoms with Crippen molar-refractivity contribution in [2.75, 3.05) is 24.4 Å². The summed E-state index contributed by atoms with van der Waals surface area (Å²) in [5.74, 6) is 0.358. The highest BCUT2D eigenvalue weighted by atomic mass is 16.6. The van der Waals surface area contributed by atoms with E-state index >= 15 is 0 Å². The van der Waals surface area contributed by atoms with Crippen LogP contribution in [-0.4, -0.2) is 19.1 Å². The Hall–Kier alpha value is -4.33. The smallest absolute Gasteiger partial charge is 0.342 e. The maximum atomic E-state index is 13.5. The number of methoxy groups -OCH3 is 1. The minimum atomic E-state index is -0.835. The molecule has 1 aromatic heterocycles. The van der Waals surface area contributed by atoms with Gasteiger partial charge in [0.2, 0.25) is 0 Å². The number of nitrogens with zero attached hydrogens (tertiary/aromatic N) is 2. The third-order valence-electron chi connectivity index (χ3n) is 8.00. The lowest BCUT2D eigenvalue weighted by atomic mass is 9.56. The monoisotopic (exact) mass is 483 g/mol. The lowest BCUT2D eigenvalue weighted by molar-refractivity contribution is -0.384. The van der Waals surface area contributed by atoms with Gasteiger partial charge in [-0.15, -0.1) is 0 Å². The number of hydrogen-bond donors (Lipinski definition) is 1. The van der Waals surface area contributed by atoms with Gasteiger partial charge in [0.05, 0.1) is 23.3 Å². The topological polar surface area (TPSA) is 97.8 Å². The Bertz CT molecular complexity index is 1610. The minimum absolute atomic E-state index is 0.0235. The van der Waals surface area contributed by atoms with Crippen LogP contribution in [-0.2, 0) is 5.66 Å². The number of para-hydroxylation sites is 1. The van der Waals surface area contributed by atoms with Crippen molar-refractivity contribution in [3.63, 3.8) is 0 Å². The van der Waals surface area contributed by atoms with E-state index in [2.05, 4.69) is 24.1 Å². The van der Waals surface area contributed by atoms with Crippen molar-refractivity contribution < 1.29 is 14.1 Å². The number of nitro benzene ring substituents is 1. The highest BCUT2D eigenvalue weighted by Crippen LogP contribution is 2.64. The third-order valence-corrected chi connectivity index (χ3v) is 8.00. The molecular weight excluding hydrogens is 458 g/mol. The van der Waals surface area contributed by atoms with Crippen molar-refractivity contribution in [3.8, 4) is 5.75 Å². The van der Waals surface area contributed by atoms with Crippen LogP contribution in [0.5, 0.6) is 5.75 Å². The lowest BCUT2D eigenvalue weighted by Gasteiger charge is -2.63. The van der Waals surface area contributed by atoms with Crippen LogP contribution in [0.2, 0.25) is 0 Å². The van der Waals surface area contributed by atoms with Gasteiger partial charge in [-0.3, -0.25) is 10.1 Å². The molecule has 3 aromatic carbocycles. The van der Waals surface area contributed by atoms with E-state index in [4.69, 9.17) is 9.15 Å². The molecule has 0 fully saturated rings. The first kappa shape index (κ1) is 22.2. The number of anilines is 2. The van der Waals surface area contributed by atoms with Crippen LogP contribution in [0.15, 0.2) is 75.9 Å². The molecule has 2 aliphatic heterocycles. The van der Waals surface area contributed by atoms with Gasteiger partial charge in [-0.05, 0) is 53.6 Å². The van der Waals surface area contributed by atoms with Gasteiger partial charge in [0.15, 0.2) is 0 Å². The molecule has 0 aliphatic carbocycles. The molecule has 6 rings (SSSR count). The maximum absolute atomic E-state index is 13.5. The summed E-state index contributed by atoms with van der Waals surface area (Å²) >= 11 is 0. The van der Waals surface area contributed by atoms with Crippen LogP contribution in [0, 0.1) is 15.5 Å². The second-order valence-corrected chi connectivity index (χ2v) is 9.95. The lowest BCUT2D eigenvalue weighted by Crippen LogP contribution is -2.66. The van der Waals surface area contributed by atoms with Crippen molar-refractivity contribution >= 4 is 28.0 Å². The molecule has 0 spiro atoms. The summed E-state index contributed by atoms with van der Waals surface area (Å²) in [5.41, 5.74) is 2.74. The highest BCUT2D eigenvalue weighted by Gasteiger charge is 2.62. The van der Waals surface area contributed by atoms with E-state index < -0.39 is 16.0 Å². The molecule has 0 saturated heterocycles. The SMILES string of the molecule is COc1ccc2c(c1)[C@@H]1c3c(c4ccccc4oc3=O)N[C@](c3ccc([N+](=O)[O-])cc3)(N2C)C1(C)C. The Kier molecular flexibility index (Phi) is 4.51. The Morgan fingerprint density at radius 1 is 1.08 bits per heavy atom. The Morgan fingerprint density at radius 3 is 2.50 bits per heavy atom. The predicted octanol–water partition coefficient (Wildman–Crippen LogP) is 5.60. The normalized spacial score (nSPS) is 21.3. The zero-order chi connectivity index (χ0) is 25.4. The van der Waals surface area contributed by atoms with Crippen molar-refractivity contribution in [1.29, 1.82) is 0 Å². The summed E-state index contributed by atoms with van der Waals surface area (Å²) in [5, 5.41) is 16.0. The molecule has 1 N–H and O–H groups in total. The number of ether oxygens (including phenoxy) is 1. The summed E-state index contributed by atoms with van der Waals surface area (Å²) in [7, 11) is 3.63. The largest absolute Gasteiger partial charge is 0.497 e. The van der Waals surface area contributed by atoms with Gasteiger partial charge >= 0.3 is 5.63 Å². The van der Waals surface area contributed by atoms with Crippen LogP contribution >= 0.6 is 0 Å². The second kappa shape index (κ2) is 7.34. The van der Waals surface area contributed by atoms with E-state index in [1.54, 1.807) is 25.3 Å². The highest BCUT2D eigenvalue weighted by molar-refractivity contribution is 5.94. The first-order chi connectivity index (χ1) is 17.2. The summed E-state index contributed by atoms with van der Waals surface area (Å²) in [6.45, 7) is 4.23.